The molecule has 1 aliphatic carbocycles. The zero-order chi connectivity index (χ0) is 12.9. The SMILES string of the molecule is CC(C)S(=O)(=O)CC(O)CCC1CCCCC1. The molecule has 0 spiro atoms. The first-order chi connectivity index (χ1) is 7.92. The molecule has 0 heterocycles. The van der Waals surface area contributed by atoms with Gasteiger partial charge >= 0.3 is 0 Å². The van der Waals surface area contributed by atoms with Crippen molar-refractivity contribution >= 4 is 9.84 Å². The molecule has 0 saturated heterocycles. The Bertz CT molecular complexity index is 303. The molecular formula is C13H26O3S. The summed E-state index contributed by atoms with van der Waals surface area (Å²) in [6.45, 7) is 3.34. The minimum absolute atomic E-state index is 0.0720. The third kappa shape index (κ3) is 5.38. The fourth-order valence-corrected chi connectivity index (χ4v) is 3.54. The number of aliphatic hydroxyl groups excluding tert-OH is 1. The summed E-state index contributed by atoms with van der Waals surface area (Å²) in [6, 6.07) is 0. The second-order valence-corrected chi connectivity index (χ2v) is 8.22. The van der Waals surface area contributed by atoms with Crippen molar-refractivity contribution in [2.45, 2.75) is 70.1 Å². The maximum absolute atomic E-state index is 11.6. The van der Waals surface area contributed by atoms with E-state index in [0.717, 1.165) is 6.42 Å². The average molecular weight is 262 g/mol. The number of hydrogen-bond donors (Lipinski definition) is 1. The van der Waals surface area contributed by atoms with Crippen LogP contribution in [0.5, 0.6) is 0 Å². The van der Waals surface area contributed by atoms with Crippen LogP contribution in [0, 0.1) is 5.92 Å². The van der Waals surface area contributed by atoms with E-state index in [1.54, 1.807) is 13.8 Å². The third-order valence-corrected chi connectivity index (χ3v) is 6.06. The van der Waals surface area contributed by atoms with Crippen LogP contribution in [0.1, 0.15) is 58.8 Å². The van der Waals surface area contributed by atoms with Gasteiger partial charge in [0.05, 0.1) is 17.1 Å². The number of hydrogen-bond acceptors (Lipinski definition) is 3. The van der Waals surface area contributed by atoms with Crippen LogP contribution >= 0.6 is 0 Å². The average Bonchev–Trinajstić information content (AvgIpc) is 2.27. The van der Waals surface area contributed by atoms with E-state index >= 15 is 0 Å². The molecule has 17 heavy (non-hydrogen) atoms. The van der Waals surface area contributed by atoms with E-state index in [-0.39, 0.29) is 11.0 Å². The highest BCUT2D eigenvalue weighted by molar-refractivity contribution is 7.92. The molecule has 0 aromatic carbocycles. The van der Waals surface area contributed by atoms with Crippen LogP contribution in [0.3, 0.4) is 0 Å². The molecule has 102 valence electrons. The zero-order valence-corrected chi connectivity index (χ0v) is 11.9. The van der Waals surface area contributed by atoms with Gasteiger partial charge in [-0.25, -0.2) is 8.42 Å². The van der Waals surface area contributed by atoms with Crippen LogP contribution in [0.25, 0.3) is 0 Å². The van der Waals surface area contributed by atoms with E-state index in [4.69, 9.17) is 0 Å². The summed E-state index contributed by atoms with van der Waals surface area (Å²) in [5.41, 5.74) is 0. The Labute approximate surface area is 106 Å². The van der Waals surface area contributed by atoms with Gasteiger partial charge in [0.2, 0.25) is 0 Å². The van der Waals surface area contributed by atoms with E-state index in [1.807, 2.05) is 0 Å². The first kappa shape index (κ1) is 15.0. The molecule has 0 radical (unpaired) electrons. The molecule has 0 aromatic rings. The van der Waals surface area contributed by atoms with E-state index < -0.39 is 15.9 Å². The molecule has 0 aromatic heterocycles. The quantitative estimate of drug-likeness (QED) is 0.800. The highest BCUT2D eigenvalue weighted by atomic mass is 32.2. The van der Waals surface area contributed by atoms with Gasteiger partial charge in [0, 0.05) is 0 Å². The van der Waals surface area contributed by atoms with E-state index in [0.29, 0.717) is 12.3 Å². The molecule has 1 aliphatic rings. The molecule has 0 amide bonds. The molecule has 0 bridgehead atoms. The maximum atomic E-state index is 11.6. The smallest absolute Gasteiger partial charge is 0.155 e. The number of sulfone groups is 1. The highest BCUT2D eigenvalue weighted by Gasteiger charge is 2.22. The summed E-state index contributed by atoms with van der Waals surface area (Å²) in [4.78, 5) is 0. The van der Waals surface area contributed by atoms with Crippen LogP contribution in [-0.2, 0) is 9.84 Å². The van der Waals surface area contributed by atoms with Gasteiger partial charge in [-0.2, -0.15) is 0 Å². The standard InChI is InChI=1S/C13H26O3S/c1-11(2)17(15,16)10-13(14)9-8-12-6-4-3-5-7-12/h11-14H,3-10H2,1-2H3. The molecule has 1 unspecified atom stereocenters. The van der Waals surface area contributed by atoms with E-state index in [9.17, 15) is 13.5 Å². The van der Waals surface area contributed by atoms with E-state index in [1.165, 1.54) is 32.1 Å². The zero-order valence-electron chi connectivity index (χ0n) is 11.1. The van der Waals surface area contributed by atoms with Crippen molar-refractivity contribution in [2.24, 2.45) is 5.92 Å². The third-order valence-electron chi connectivity index (χ3n) is 3.78. The molecule has 3 nitrogen and oxygen atoms in total. The molecule has 4 heteroatoms. The van der Waals surface area contributed by atoms with Crippen LogP contribution in [0.4, 0.5) is 0 Å². The van der Waals surface area contributed by atoms with Crippen molar-refractivity contribution in [2.75, 3.05) is 5.75 Å². The summed E-state index contributed by atoms with van der Waals surface area (Å²) in [7, 11) is -3.10. The highest BCUT2D eigenvalue weighted by Crippen LogP contribution is 2.27. The van der Waals surface area contributed by atoms with Gasteiger partial charge in [-0.15, -0.1) is 0 Å². The lowest BCUT2D eigenvalue weighted by molar-refractivity contribution is 0.169. The van der Waals surface area contributed by atoms with Gasteiger partial charge < -0.3 is 5.11 Å². The molecule has 1 atom stereocenters. The summed E-state index contributed by atoms with van der Waals surface area (Å²) < 4.78 is 23.3. The lowest BCUT2D eigenvalue weighted by atomic mass is 9.85. The monoisotopic (exact) mass is 262 g/mol. The van der Waals surface area contributed by atoms with Gasteiger partial charge in [-0.05, 0) is 32.6 Å². The largest absolute Gasteiger partial charge is 0.392 e. The Balaban J connectivity index is 2.27. The van der Waals surface area contributed by atoms with Gasteiger partial charge in [-0.1, -0.05) is 32.1 Å². The minimum atomic E-state index is -3.10. The van der Waals surface area contributed by atoms with Crippen LogP contribution in [0.15, 0.2) is 0 Å². The van der Waals surface area contributed by atoms with Crippen molar-refractivity contribution < 1.29 is 13.5 Å². The van der Waals surface area contributed by atoms with Crippen LogP contribution in [0.2, 0.25) is 0 Å². The predicted octanol–water partition coefficient (Wildman–Crippen LogP) is 2.53. The Hall–Kier alpha value is -0.0900. The summed E-state index contributed by atoms with van der Waals surface area (Å²) in [6.07, 6.45) is 7.37. The lowest BCUT2D eigenvalue weighted by Gasteiger charge is -2.22. The number of aliphatic hydroxyl groups is 1. The second kappa shape index (κ2) is 6.74. The summed E-state index contributed by atoms with van der Waals surface area (Å²) in [5.74, 6) is 0.636. The van der Waals surface area contributed by atoms with Crippen molar-refractivity contribution in [3.8, 4) is 0 Å². The van der Waals surface area contributed by atoms with Gasteiger partial charge in [-0.3, -0.25) is 0 Å². The van der Waals surface area contributed by atoms with Gasteiger partial charge in [0.1, 0.15) is 0 Å². The van der Waals surface area contributed by atoms with Crippen molar-refractivity contribution in [1.29, 1.82) is 0 Å². The van der Waals surface area contributed by atoms with Gasteiger partial charge in [0.25, 0.3) is 0 Å². The Morgan fingerprint density at radius 1 is 1.18 bits per heavy atom. The first-order valence-corrected chi connectivity index (χ1v) is 8.53. The Morgan fingerprint density at radius 3 is 2.29 bits per heavy atom. The van der Waals surface area contributed by atoms with Crippen molar-refractivity contribution in [3.63, 3.8) is 0 Å². The summed E-state index contributed by atoms with van der Waals surface area (Å²) >= 11 is 0. The topological polar surface area (TPSA) is 54.4 Å². The van der Waals surface area contributed by atoms with Crippen molar-refractivity contribution in [3.05, 3.63) is 0 Å². The normalized spacial score (nSPS) is 20.7. The molecule has 1 fully saturated rings. The molecule has 1 N–H and O–H groups in total. The fourth-order valence-electron chi connectivity index (χ4n) is 2.45. The molecule has 0 aliphatic heterocycles. The van der Waals surface area contributed by atoms with Crippen LogP contribution in [-0.4, -0.2) is 30.6 Å². The lowest BCUT2D eigenvalue weighted by Crippen LogP contribution is -2.27. The first-order valence-electron chi connectivity index (χ1n) is 6.81. The fraction of sp³-hybridized carbons (Fsp3) is 1.00. The molecule has 1 rings (SSSR count). The van der Waals surface area contributed by atoms with Crippen molar-refractivity contribution in [1.82, 2.24) is 0 Å². The molecular weight excluding hydrogens is 236 g/mol. The Morgan fingerprint density at radius 2 is 1.76 bits per heavy atom. The molecule has 1 saturated carbocycles. The van der Waals surface area contributed by atoms with Crippen LogP contribution < -0.4 is 0 Å². The number of rotatable bonds is 6. The van der Waals surface area contributed by atoms with Gasteiger partial charge in [0.15, 0.2) is 9.84 Å². The second-order valence-electron chi connectivity index (χ2n) is 5.61. The minimum Gasteiger partial charge on any atom is -0.392 e. The predicted molar refractivity (Wildman–Crippen MR) is 70.7 cm³/mol. The maximum Gasteiger partial charge on any atom is 0.155 e. The Kier molecular flexibility index (Phi) is 5.93. The van der Waals surface area contributed by atoms with E-state index in [2.05, 4.69) is 0 Å². The summed E-state index contributed by atoms with van der Waals surface area (Å²) in [5, 5.41) is 9.40.